The van der Waals surface area contributed by atoms with Crippen LogP contribution in [-0.2, 0) is 17.6 Å². The zero-order chi connectivity index (χ0) is 15.5. The van der Waals surface area contributed by atoms with Gasteiger partial charge in [0, 0.05) is 0 Å². The van der Waals surface area contributed by atoms with Gasteiger partial charge in [-0.05, 0) is 55.4 Å². The summed E-state index contributed by atoms with van der Waals surface area (Å²) in [7, 11) is 0. The molecule has 1 unspecified atom stereocenters. The Bertz CT molecular complexity index is 575. The van der Waals surface area contributed by atoms with E-state index in [4.69, 9.17) is 4.74 Å². The minimum Gasteiger partial charge on any atom is -0.484 e. The molecule has 4 nitrogen and oxygen atoms in total. The van der Waals surface area contributed by atoms with Gasteiger partial charge in [-0.25, -0.2) is 0 Å². The molecule has 0 heterocycles. The monoisotopic (exact) mass is 286 g/mol. The van der Waals surface area contributed by atoms with Crippen molar-refractivity contribution >= 4 is 5.91 Å². The largest absolute Gasteiger partial charge is 0.484 e. The summed E-state index contributed by atoms with van der Waals surface area (Å²) >= 11 is 0. The Labute approximate surface area is 126 Å². The third kappa shape index (κ3) is 3.55. The topological polar surface area (TPSA) is 62.1 Å². The van der Waals surface area contributed by atoms with Crippen LogP contribution in [0.5, 0.6) is 5.75 Å². The highest BCUT2D eigenvalue weighted by molar-refractivity contribution is 5.78. The second-order valence-corrected chi connectivity index (χ2v) is 6.09. The van der Waals surface area contributed by atoms with Crippen LogP contribution in [0.3, 0.4) is 0 Å². The Morgan fingerprint density at radius 1 is 1.43 bits per heavy atom. The second kappa shape index (κ2) is 6.17. The van der Waals surface area contributed by atoms with Gasteiger partial charge >= 0.3 is 0 Å². The van der Waals surface area contributed by atoms with E-state index in [-0.39, 0.29) is 18.4 Å². The molecule has 1 amide bonds. The van der Waals surface area contributed by atoms with Crippen molar-refractivity contribution in [2.45, 2.75) is 45.6 Å². The third-order valence-corrected chi connectivity index (χ3v) is 4.23. The SMILES string of the molecule is CC(C)C(C)(C#N)NC(=O)COc1ccc2c(c1)CCC2. The lowest BCUT2D eigenvalue weighted by Crippen LogP contribution is -2.50. The fourth-order valence-corrected chi connectivity index (χ4v) is 2.41. The maximum absolute atomic E-state index is 11.9. The van der Waals surface area contributed by atoms with Crippen LogP contribution in [0.25, 0.3) is 0 Å². The fourth-order valence-electron chi connectivity index (χ4n) is 2.41. The number of hydrogen-bond donors (Lipinski definition) is 1. The fraction of sp³-hybridized carbons (Fsp3) is 0.529. The van der Waals surface area contributed by atoms with Crippen molar-refractivity contribution in [1.29, 1.82) is 5.26 Å². The minimum absolute atomic E-state index is 0.0337. The number of aryl methyl sites for hydroxylation is 2. The number of ether oxygens (including phenoxy) is 1. The van der Waals surface area contributed by atoms with Gasteiger partial charge in [0.05, 0.1) is 6.07 Å². The van der Waals surface area contributed by atoms with Crippen LogP contribution in [0.2, 0.25) is 0 Å². The first-order valence-electron chi connectivity index (χ1n) is 7.41. The average molecular weight is 286 g/mol. The van der Waals surface area contributed by atoms with Gasteiger partial charge in [-0.15, -0.1) is 0 Å². The summed E-state index contributed by atoms with van der Waals surface area (Å²) in [5.41, 5.74) is 1.83. The highest BCUT2D eigenvalue weighted by Gasteiger charge is 2.30. The number of carbonyl (C=O) groups excluding carboxylic acids is 1. The number of fused-ring (bicyclic) bond motifs is 1. The number of benzene rings is 1. The number of nitrogens with one attached hydrogen (secondary N) is 1. The van der Waals surface area contributed by atoms with Crippen LogP contribution in [0.1, 0.15) is 38.3 Å². The molecule has 2 rings (SSSR count). The maximum Gasteiger partial charge on any atom is 0.259 e. The number of amides is 1. The number of rotatable bonds is 5. The lowest BCUT2D eigenvalue weighted by molar-refractivity contribution is -0.124. The molecule has 0 saturated carbocycles. The predicted octanol–water partition coefficient (Wildman–Crippen LogP) is 2.61. The van der Waals surface area contributed by atoms with Gasteiger partial charge in [0.15, 0.2) is 6.61 Å². The molecule has 0 saturated heterocycles. The van der Waals surface area contributed by atoms with E-state index in [1.54, 1.807) is 6.92 Å². The summed E-state index contributed by atoms with van der Waals surface area (Å²) in [6, 6.07) is 8.15. The van der Waals surface area contributed by atoms with Gasteiger partial charge in [-0.2, -0.15) is 5.26 Å². The van der Waals surface area contributed by atoms with Crippen molar-refractivity contribution < 1.29 is 9.53 Å². The lowest BCUT2D eigenvalue weighted by Gasteiger charge is -2.27. The van der Waals surface area contributed by atoms with E-state index in [0.717, 1.165) is 12.8 Å². The second-order valence-electron chi connectivity index (χ2n) is 6.09. The summed E-state index contributed by atoms with van der Waals surface area (Å²) in [6.07, 6.45) is 3.40. The van der Waals surface area contributed by atoms with Crippen LogP contribution in [-0.4, -0.2) is 18.1 Å². The first kappa shape index (κ1) is 15.4. The summed E-state index contributed by atoms with van der Waals surface area (Å²) in [4.78, 5) is 11.9. The number of nitrogens with zero attached hydrogens (tertiary/aromatic N) is 1. The molecule has 1 atom stereocenters. The zero-order valence-electron chi connectivity index (χ0n) is 12.9. The highest BCUT2D eigenvalue weighted by Crippen LogP contribution is 2.26. The van der Waals surface area contributed by atoms with Crippen LogP contribution in [0, 0.1) is 17.2 Å². The molecule has 0 fully saturated rings. The molecule has 1 aromatic rings. The molecule has 1 N–H and O–H groups in total. The Morgan fingerprint density at radius 2 is 2.14 bits per heavy atom. The van der Waals surface area contributed by atoms with Crippen molar-refractivity contribution in [3.8, 4) is 11.8 Å². The molecule has 112 valence electrons. The van der Waals surface area contributed by atoms with Crippen LogP contribution in [0.15, 0.2) is 18.2 Å². The van der Waals surface area contributed by atoms with E-state index < -0.39 is 5.54 Å². The van der Waals surface area contributed by atoms with Crippen molar-refractivity contribution in [1.82, 2.24) is 5.32 Å². The van der Waals surface area contributed by atoms with E-state index >= 15 is 0 Å². The maximum atomic E-state index is 11.9. The van der Waals surface area contributed by atoms with Crippen LogP contribution < -0.4 is 10.1 Å². The van der Waals surface area contributed by atoms with Gasteiger partial charge in [0.2, 0.25) is 0 Å². The molecule has 0 aliphatic heterocycles. The van der Waals surface area contributed by atoms with Crippen molar-refractivity contribution in [2.24, 2.45) is 5.92 Å². The third-order valence-electron chi connectivity index (χ3n) is 4.23. The van der Waals surface area contributed by atoms with E-state index in [2.05, 4.69) is 17.5 Å². The lowest BCUT2D eigenvalue weighted by atomic mass is 9.90. The quantitative estimate of drug-likeness (QED) is 0.905. The normalized spacial score (nSPS) is 16.0. The van der Waals surface area contributed by atoms with Crippen LogP contribution >= 0.6 is 0 Å². The average Bonchev–Trinajstić information content (AvgIpc) is 2.92. The molecule has 1 aliphatic carbocycles. The molecule has 4 heteroatoms. The van der Waals surface area contributed by atoms with Gasteiger partial charge in [0.25, 0.3) is 5.91 Å². The van der Waals surface area contributed by atoms with Gasteiger partial charge in [-0.1, -0.05) is 19.9 Å². The molecule has 1 aromatic carbocycles. The molecular weight excluding hydrogens is 264 g/mol. The summed E-state index contributed by atoms with van der Waals surface area (Å²) in [5, 5.41) is 11.9. The van der Waals surface area contributed by atoms with E-state index in [9.17, 15) is 10.1 Å². The highest BCUT2D eigenvalue weighted by atomic mass is 16.5. The number of hydrogen-bond acceptors (Lipinski definition) is 3. The number of carbonyl (C=O) groups is 1. The van der Waals surface area contributed by atoms with E-state index in [1.807, 2.05) is 26.0 Å². The standard InChI is InChI=1S/C17H22N2O2/c1-12(2)17(3,11-18)19-16(20)10-21-15-8-7-13-5-4-6-14(13)9-15/h7-9,12H,4-6,10H2,1-3H3,(H,19,20). The Hall–Kier alpha value is -2.02. The molecule has 0 radical (unpaired) electrons. The summed E-state index contributed by atoms with van der Waals surface area (Å²) in [6.45, 7) is 5.48. The summed E-state index contributed by atoms with van der Waals surface area (Å²) in [5.74, 6) is 0.480. The molecule has 0 spiro atoms. The molecule has 1 aliphatic rings. The smallest absolute Gasteiger partial charge is 0.259 e. The molecule has 0 bridgehead atoms. The first-order chi connectivity index (χ1) is 9.94. The minimum atomic E-state index is -0.863. The van der Waals surface area contributed by atoms with E-state index in [1.165, 1.54) is 17.5 Å². The summed E-state index contributed by atoms with van der Waals surface area (Å²) < 4.78 is 5.54. The van der Waals surface area contributed by atoms with Crippen molar-refractivity contribution in [2.75, 3.05) is 6.61 Å². The number of nitriles is 1. The van der Waals surface area contributed by atoms with Crippen molar-refractivity contribution in [3.63, 3.8) is 0 Å². The Kier molecular flexibility index (Phi) is 4.52. The zero-order valence-corrected chi connectivity index (χ0v) is 12.9. The predicted molar refractivity (Wildman–Crippen MR) is 81.0 cm³/mol. The van der Waals surface area contributed by atoms with E-state index in [0.29, 0.717) is 5.75 Å². The van der Waals surface area contributed by atoms with Gasteiger partial charge < -0.3 is 10.1 Å². The van der Waals surface area contributed by atoms with Gasteiger partial charge in [0.1, 0.15) is 11.3 Å². The molecule has 0 aromatic heterocycles. The molecule has 21 heavy (non-hydrogen) atoms. The molecular formula is C17H22N2O2. The van der Waals surface area contributed by atoms with Crippen molar-refractivity contribution in [3.05, 3.63) is 29.3 Å². The first-order valence-corrected chi connectivity index (χ1v) is 7.41. The van der Waals surface area contributed by atoms with Crippen LogP contribution in [0.4, 0.5) is 0 Å². The Balaban J connectivity index is 1.91. The Morgan fingerprint density at radius 3 is 2.81 bits per heavy atom. The van der Waals surface area contributed by atoms with Gasteiger partial charge in [-0.3, -0.25) is 4.79 Å².